The molecule has 1 aliphatic carbocycles. The Kier molecular flexibility index (Phi) is 5.88. The van der Waals surface area contributed by atoms with E-state index in [2.05, 4.69) is 0 Å². The lowest BCUT2D eigenvalue weighted by Crippen LogP contribution is -2.51. The van der Waals surface area contributed by atoms with Crippen molar-refractivity contribution in [3.63, 3.8) is 0 Å². The highest BCUT2D eigenvalue weighted by Gasteiger charge is 2.46. The Morgan fingerprint density at radius 3 is 2.25 bits per heavy atom. The van der Waals surface area contributed by atoms with Crippen LogP contribution in [0.25, 0.3) is 0 Å². The van der Waals surface area contributed by atoms with Crippen molar-refractivity contribution in [2.24, 2.45) is 0 Å². The summed E-state index contributed by atoms with van der Waals surface area (Å²) in [7, 11) is 1.45. The normalized spacial score (nSPS) is 17.2. The zero-order valence-electron chi connectivity index (χ0n) is 13.5. The second kappa shape index (κ2) is 7.70. The number of carbonyl (C=O) groups is 3. The molecule has 1 aromatic carbocycles. The van der Waals surface area contributed by atoms with Crippen molar-refractivity contribution in [1.82, 2.24) is 4.90 Å². The van der Waals surface area contributed by atoms with Gasteiger partial charge in [-0.3, -0.25) is 4.79 Å². The standard InChI is InChI=1S/C17H21NO5S/c1-18(13(14(19)20)11-24-16(22)23)15(21)17(9-5-6-10-17)12-7-3-2-4-8-12/h2-4,7-8,13H,5-6,9-11H2,1H3,(H,19,20)(H,22,23)/t13-/m0/s1. The molecule has 1 aromatic rings. The first-order valence-electron chi connectivity index (χ1n) is 7.80. The van der Waals surface area contributed by atoms with Crippen LogP contribution in [0.15, 0.2) is 30.3 Å². The van der Waals surface area contributed by atoms with E-state index in [1.54, 1.807) is 0 Å². The molecule has 0 unspecified atom stereocenters. The highest BCUT2D eigenvalue weighted by Crippen LogP contribution is 2.42. The molecule has 0 aliphatic heterocycles. The first-order valence-corrected chi connectivity index (χ1v) is 8.78. The van der Waals surface area contributed by atoms with Gasteiger partial charge < -0.3 is 15.1 Å². The number of carboxylic acid groups (broad SMARTS) is 2. The molecule has 7 heteroatoms. The molecule has 2 N–H and O–H groups in total. The number of thioether (sulfide) groups is 1. The largest absolute Gasteiger partial charge is 0.480 e. The third-order valence-corrected chi connectivity index (χ3v) is 5.36. The SMILES string of the molecule is CN(C(=O)C1(c2ccccc2)CCCC1)[C@@H](CSC(=O)O)C(=O)O. The van der Waals surface area contributed by atoms with Crippen LogP contribution >= 0.6 is 11.8 Å². The second-order valence-electron chi connectivity index (χ2n) is 6.00. The molecule has 0 spiro atoms. The predicted octanol–water partition coefficient (Wildman–Crippen LogP) is 2.82. The number of amides is 1. The van der Waals surface area contributed by atoms with Crippen molar-refractivity contribution in [2.45, 2.75) is 37.1 Å². The number of aliphatic carboxylic acids is 1. The topological polar surface area (TPSA) is 94.9 Å². The number of hydrogen-bond donors (Lipinski definition) is 2. The monoisotopic (exact) mass is 351 g/mol. The van der Waals surface area contributed by atoms with Gasteiger partial charge in [-0.25, -0.2) is 9.59 Å². The van der Waals surface area contributed by atoms with E-state index in [4.69, 9.17) is 5.11 Å². The molecule has 1 saturated carbocycles. The van der Waals surface area contributed by atoms with Gasteiger partial charge in [0, 0.05) is 12.8 Å². The van der Waals surface area contributed by atoms with Crippen LogP contribution in [0.4, 0.5) is 4.79 Å². The van der Waals surface area contributed by atoms with Crippen LogP contribution < -0.4 is 0 Å². The summed E-state index contributed by atoms with van der Waals surface area (Å²) >= 11 is 0.493. The minimum Gasteiger partial charge on any atom is -0.480 e. The fourth-order valence-electron chi connectivity index (χ4n) is 3.34. The van der Waals surface area contributed by atoms with Crippen molar-refractivity contribution in [1.29, 1.82) is 0 Å². The number of rotatable bonds is 6. The van der Waals surface area contributed by atoms with Crippen molar-refractivity contribution in [2.75, 3.05) is 12.8 Å². The predicted molar refractivity (Wildman–Crippen MR) is 91.3 cm³/mol. The summed E-state index contributed by atoms with van der Waals surface area (Å²) in [4.78, 5) is 36.6. The van der Waals surface area contributed by atoms with Gasteiger partial charge in [0.05, 0.1) is 5.41 Å². The van der Waals surface area contributed by atoms with Crippen LogP contribution in [0.3, 0.4) is 0 Å². The molecule has 1 amide bonds. The fraction of sp³-hybridized carbons (Fsp3) is 0.471. The summed E-state index contributed by atoms with van der Waals surface area (Å²) in [6, 6.07) is 8.26. The minimum atomic E-state index is -1.19. The van der Waals surface area contributed by atoms with Gasteiger partial charge in [-0.1, -0.05) is 43.2 Å². The molecule has 0 radical (unpaired) electrons. The van der Waals surface area contributed by atoms with Crippen molar-refractivity contribution in [3.8, 4) is 0 Å². The molecular formula is C17H21NO5S. The zero-order chi connectivity index (χ0) is 17.7. The molecule has 0 saturated heterocycles. The maximum Gasteiger partial charge on any atom is 0.364 e. The molecule has 2 rings (SSSR count). The van der Waals surface area contributed by atoms with Crippen LogP contribution in [0.1, 0.15) is 31.2 Å². The van der Waals surface area contributed by atoms with Crippen LogP contribution in [-0.4, -0.2) is 51.1 Å². The summed E-state index contributed by atoms with van der Waals surface area (Å²) in [6.07, 6.45) is 3.18. The molecule has 6 nitrogen and oxygen atoms in total. The van der Waals surface area contributed by atoms with E-state index in [-0.39, 0.29) is 11.7 Å². The number of carboxylic acids is 1. The van der Waals surface area contributed by atoms with Crippen LogP contribution in [0, 0.1) is 0 Å². The maximum absolute atomic E-state index is 13.2. The molecule has 1 aliphatic rings. The Labute approximate surface area is 144 Å². The molecule has 0 heterocycles. The Balaban J connectivity index is 2.28. The van der Waals surface area contributed by atoms with E-state index in [0.29, 0.717) is 24.6 Å². The molecule has 24 heavy (non-hydrogen) atoms. The van der Waals surface area contributed by atoms with E-state index in [9.17, 15) is 19.5 Å². The third-order valence-electron chi connectivity index (χ3n) is 4.63. The summed E-state index contributed by atoms with van der Waals surface area (Å²) in [5.74, 6) is -1.62. The first-order chi connectivity index (χ1) is 11.4. The fourth-order valence-corrected chi connectivity index (χ4v) is 4.01. The lowest BCUT2D eigenvalue weighted by Gasteiger charge is -2.35. The smallest absolute Gasteiger partial charge is 0.364 e. The van der Waals surface area contributed by atoms with Gasteiger partial charge in [0.2, 0.25) is 5.91 Å². The van der Waals surface area contributed by atoms with Gasteiger partial charge in [0.1, 0.15) is 6.04 Å². The van der Waals surface area contributed by atoms with E-state index < -0.39 is 22.7 Å². The molecule has 1 atom stereocenters. The zero-order valence-corrected chi connectivity index (χ0v) is 14.3. The number of benzene rings is 1. The van der Waals surface area contributed by atoms with Crippen molar-refractivity contribution < 1.29 is 24.6 Å². The third kappa shape index (κ3) is 3.72. The van der Waals surface area contributed by atoms with Gasteiger partial charge in [-0.15, -0.1) is 0 Å². The lowest BCUT2D eigenvalue weighted by atomic mass is 9.77. The summed E-state index contributed by atoms with van der Waals surface area (Å²) in [5.41, 5.74) is 0.187. The highest BCUT2D eigenvalue weighted by molar-refractivity contribution is 8.13. The van der Waals surface area contributed by atoms with Gasteiger partial charge in [-0.2, -0.15) is 0 Å². The first kappa shape index (κ1) is 18.3. The summed E-state index contributed by atoms with van der Waals surface area (Å²) in [5, 5.41) is 17.0. The Hall–Kier alpha value is -2.02. The average molecular weight is 351 g/mol. The Morgan fingerprint density at radius 2 is 1.75 bits per heavy atom. The van der Waals surface area contributed by atoms with E-state index in [1.165, 1.54) is 11.9 Å². The van der Waals surface area contributed by atoms with E-state index in [1.807, 2.05) is 30.3 Å². The molecule has 130 valence electrons. The van der Waals surface area contributed by atoms with Crippen LogP contribution in [0.5, 0.6) is 0 Å². The lowest BCUT2D eigenvalue weighted by molar-refractivity contribution is -0.150. The van der Waals surface area contributed by atoms with Gasteiger partial charge in [-0.05, 0) is 30.2 Å². The van der Waals surface area contributed by atoms with E-state index in [0.717, 1.165) is 18.4 Å². The quantitative estimate of drug-likeness (QED) is 0.818. The van der Waals surface area contributed by atoms with Gasteiger partial charge >= 0.3 is 11.3 Å². The van der Waals surface area contributed by atoms with E-state index >= 15 is 0 Å². The van der Waals surface area contributed by atoms with Crippen molar-refractivity contribution >= 4 is 28.9 Å². The number of nitrogens with zero attached hydrogens (tertiary/aromatic N) is 1. The van der Waals surface area contributed by atoms with Crippen molar-refractivity contribution in [3.05, 3.63) is 35.9 Å². The number of likely N-dealkylation sites (N-methyl/N-ethyl adjacent to an activating group) is 1. The number of carbonyl (C=O) groups excluding carboxylic acids is 1. The Morgan fingerprint density at radius 1 is 1.17 bits per heavy atom. The maximum atomic E-state index is 13.2. The molecule has 0 bridgehead atoms. The molecule has 1 fully saturated rings. The molecule has 0 aromatic heterocycles. The highest BCUT2D eigenvalue weighted by atomic mass is 32.2. The number of hydrogen-bond acceptors (Lipinski definition) is 4. The average Bonchev–Trinajstić information content (AvgIpc) is 3.05. The second-order valence-corrected chi connectivity index (χ2v) is 6.97. The van der Waals surface area contributed by atoms with Gasteiger partial charge in [0.25, 0.3) is 0 Å². The van der Waals surface area contributed by atoms with Gasteiger partial charge in [0.15, 0.2) is 0 Å². The summed E-state index contributed by atoms with van der Waals surface area (Å²) in [6.45, 7) is 0. The van der Waals surface area contributed by atoms with Crippen LogP contribution in [0.2, 0.25) is 0 Å². The Bertz CT molecular complexity index is 613. The molecular weight excluding hydrogens is 330 g/mol. The minimum absolute atomic E-state index is 0.183. The summed E-state index contributed by atoms with van der Waals surface area (Å²) < 4.78 is 0. The van der Waals surface area contributed by atoms with Crippen LogP contribution in [-0.2, 0) is 15.0 Å².